The average Bonchev–Trinajstić information content (AvgIpc) is 2.39. The molecule has 0 aromatic rings. The molecule has 0 saturated carbocycles. The molecule has 2 unspecified atom stereocenters. The maximum Gasteiger partial charge on any atom is 0.282 e. The lowest BCUT2D eigenvalue weighted by atomic mass is 10.1. The second-order valence-electron chi connectivity index (χ2n) is 4.99. The maximum atomic E-state index is 12.6. The highest BCUT2D eigenvalue weighted by Crippen LogP contribution is 2.24. The Hall–Kier alpha value is -0.210. The number of ether oxygens (including phenoxy) is 1. The Morgan fingerprint density at radius 2 is 2.06 bits per heavy atom. The number of piperidine rings is 1. The molecule has 2 heterocycles. The van der Waals surface area contributed by atoms with Gasteiger partial charge in [0, 0.05) is 25.2 Å². The van der Waals surface area contributed by atoms with Crippen molar-refractivity contribution in [3.05, 3.63) is 0 Å². The van der Waals surface area contributed by atoms with Crippen LogP contribution in [0.5, 0.6) is 0 Å². The van der Waals surface area contributed by atoms with Crippen LogP contribution < -0.4 is 0 Å². The molecule has 0 spiro atoms. The fourth-order valence-electron chi connectivity index (χ4n) is 2.65. The first-order valence-electron chi connectivity index (χ1n) is 6.54. The second-order valence-corrected chi connectivity index (χ2v) is 6.82. The third-order valence-electron chi connectivity index (χ3n) is 3.68. The summed E-state index contributed by atoms with van der Waals surface area (Å²) in [5.74, 6) is 0. The molecule has 1 N–H and O–H groups in total. The summed E-state index contributed by atoms with van der Waals surface area (Å²) < 4.78 is 33.5. The van der Waals surface area contributed by atoms with E-state index in [0.717, 1.165) is 19.3 Å². The largest absolute Gasteiger partial charge is 0.395 e. The van der Waals surface area contributed by atoms with E-state index in [1.165, 1.54) is 8.61 Å². The monoisotopic (exact) mass is 278 g/mol. The SMILES string of the molecule is CC1COCCN1S(=O)(=O)N1CCCCC1CO. The quantitative estimate of drug-likeness (QED) is 0.776. The van der Waals surface area contributed by atoms with Crippen molar-refractivity contribution in [2.24, 2.45) is 0 Å². The van der Waals surface area contributed by atoms with Crippen molar-refractivity contribution in [3.8, 4) is 0 Å². The molecule has 2 atom stereocenters. The fourth-order valence-corrected chi connectivity index (χ4v) is 4.65. The van der Waals surface area contributed by atoms with Crippen LogP contribution in [-0.2, 0) is 14.9 Å². The van der Waals surface area contributed by atoms with Crippen LogP contribution >= 0.6 is 0 Å². The Bertz CT molecular complexity index is 373. The molecular weight excluding hydrogens is 256 g/mol. The molecule has 2 rings (SSSR count). The molecule has 0 aromatic heterocycles. The highest BCUT2D eigenvalue weighted by Gasteiger charge is 2.39. The number of hydrogen-bond acceptors (Lipinski definition) is 4. The minimum atomic E-state index is -3.47. The molecule has 0 bridgehead atoms. The zero-order valence-electron chi connectivity index (χ0n) is 10.8. The third kappa shape index (κ3) is 2.70. The number of morpholine rings is 1. The lowest BCUT2D eigenvalue weighted by molar-refractivity contribution is 0.0335. The van der Waals surface area contributed by atoms with Gasteiger partial charge in [-0.2, -0.15) is 17.0 Å². The molecule has 0 aromatic carbocycles. The van der Waals surface area contributed by atoms with Gasteiger partial charge in [-0.3, -0.25) is 0 Å². The zero-order valence-corrected chi connectivity index (χ0v) is 11.6. The Balaban J connectivity index is 2.17. The Morgan fingerprint density at radius 1 is 1.28 bits per heavy atom. The highest BCUT2D eigenvalue weighted by molar-refractivity contribution is 7.86. The predicted molar refractivity (Wildman–Crippen MR) is 67.3 cm³/mol. The van der Waals surface area contributed by atoms with E-state index < -0.39 is 10.2 Å². The summed E-state index contributed by atoms with van der Waals surface area (Å²) in [5, 5.41) is 9.34. The van der Waals surface area contributed by atoms with Crippen LogP contribution in [0.1, 0.15) is 26.2 Å². The molecule has 6 nitrogen and oxygen atoms in total. The molecule has 2 aliphatic rings. The van der Waals surface area contributed by atoms with Gasteiger partial charge < -0.3 is 9.84 Å². The summed E-state index contributed by atoms with van der Waals surface area (Å²) in [4.78, 5) is 0. The van der Waals surface area contributed by atoms with Crippen LogP contribution in [0.25, 0.3) is 0 Å². The maximum absolute atomic E-state index is 12.6. The van der Waals surface area contributed by atoms with Crippen LogP contribution in [0, 0.1) is 0 Å². The molecule has 0 radical (unpaired) electrons. The predicted octanol–water partition coefficient (Wildman–Crippen LogP) is -0.201. The normalized spacial score (nSPS) is 32.6. The van der Waals surface area contributed by atoms with Crippen molar-refractivity contribution in [3.63, 3.8) is 0 Å². The molecule has 18 heavy (non-hydrogen) atoms. The van der Waals surface area contributed by atoms with Crippen molar-refractivity contribution in [2.45, 2.75) is 38.3 Å². The topological polar surface area (TPSA) is 70.1 Å². The van der Waals surface area contributed by atoms with E-state index in [1.54, 1.807) is 0 Å². The first-order chi connectivity index (χ1) is 8.57. The summed E-state index contributed by atoms with van der Waals surface area (Å²) in [6, 6.07) is -0.399. The van der Waals surface area contributed by atoms with E-state index in [-0.39, 0.29) is 18.7 Å². The van der Waals surface area contributed by atoms with Gasteiger partial charge >= 0.3 is 0 Å². The van der Waals surface area contributed by atoms with Crippen molar-refractivity contribution in [1.82, 2.24) is 8.61 Å². The standard InChI is InChI=1S/C11H22N2O4S/c1-10-9-17-7-6-12(10)18(15,16)13-5-3-2-4-11(13)8-14/h10-11,14H,2-9H2,1H3. The minimum absolute atomic E-state index is 0.0993. The summed E-state index contributed by atoms with van der Waals surface area (Å²) in [6.07, 6.45) is 2.60. The lowest BCUT2D eigenvalue weighted by Crippen LogP contribution is -2.56. The van der Waals surface area contributed by atoms with Crippen LogP contribution in [0.4, 0.5) is 0 Å². The smallest absolute Gasteiger partial charge is 0.282 e. The summed E-state index contributed by atoms with van der Waals surface area (Å²) in [5.41, 5.74) is 0. The van der Waals surface area contributed by atoms with Gasteiger partial charge in [0.2, 0.25) is 0 Å². The first kappa shape index (κ1) is 14.2. The van der Waals surface area contributed by atoms with E-state index in [2.05, 4.69) is 0 Å². The second kappa shape index (κ2) is 5.83. The van der Waals surface area contributed by atoms with Crippen LogP contribution in [-0.4, -0.2) is 67.1 Å². The minimum Gasteiger partial charge on any atom is -0.395 e. The Morgan fingerprint density at radius 3 is 2.72 bits per heavy atom. The fraction of sp³-hybridized carbons (Fsp3) is 1.00. The molecular formula is C11H22N2O4S. The number of aliphatic hydroxyl groups is 1. The highest BCUT2D eigenvalue weighted by atomic mass is 32.2. The zero-order chi connectivity index (χ0) is 13.2. The molecule has 2 aliphatic heterocycles. The Kier molecular flexibility index (Phi) is 4.60. The number of nitrogens with zero attached hydrogens (tertiary/aromatic N) is 2. The van der Waals surface area contributed by atoms with Crippen molar-refractivity contribution < 1.29 is 18.3 Å². The number of aliphatic hydroxyl groups excluding tert-OH is 1. The van der Waals surface area contributed by atoms with E-state index in [9.17, 15) is 13.5 Å². The number of hydrogen-bond donors (Lipinski definition) is 1. The first-order valence-corrected chi connectivity index (χ1v) is 7.94. The van der Waals surface area contributed by atoms with Crippen molar-refractivity contribution in [2.75, 3.05) is 32.9 Å². The van der Waals surface area contributed by atoms with Gasteiger partial charge in [-0.15, -0.1) is 0 Å². The molecule has 0 aliphatic carbocycles. The van der Waals surface area contributed by atoms with Gasteiger partial charge in [0.15, 0.2) is 0 Å². The third-order valence-corrected chi connectivity index (χ3v) is 5.89. The van der Waals surface area contributed by atoms with E-state index >= 15 is 0 Å². The summed E-state index contributed by atoms with van der Waals surface area (Å²) in [7, 11) is -3.47. The van der Waals surface area contributed by atoms with Gasteiger partial charge in [0.05, 0.1) is 19.8 Å². The van der Waals surface area contributed by atoms with Gasteiger partial charge in [-0.05, 0) is 19.8 Å². The molecule has 2 saturated heterocycles. The molecule has 106 valence electrons. The van der Waals surface area contributed by atoms with Gasteiger partial charge in [0.25, 0.3) is 10.2 Å². The molecule has 2 fully saturated rings. The van der Waals surface area contributed by atoms with E-state index in [1.807, 2.05) is 6.92 Å². The summed E-state index contributed by atoms with van der Waals surface area (Å²) in [6.45, 7) is 3.56. The van der Waals surface area contributed by atoms with Crippen LogP contribution in [0.2, 0.25) is 0 Å². The molecule has 7 heteroatoms. The van der Waals surface area contributed by atoms with Gasteiger partial charge in [-0.1, -0.05) is 6.42 Å². The number of rotatable bonds is 3. The van der Waals surface area contributed by atoms with E-state index in [4.69, 9.17) is 4.74 Å². The average molecular weight is 278 g/mol. The van der Waals surface area contributed by atoms with Gasteiger partial charge in [-0.25, -0.2) is 0 Å². The van der Waals surface area contributed by atoms with Crippen molar-refractivity contribution in [1.29, 1.82) is 0 Å². The lowest BCUT2D eigenvalue weighted by Gasteiger charge is -2.40. The van der Waals surface area contributed by atoms with Crippen LogP contribution in [0.15, 0.2) is 0 Å². The Labute approximate surface area is 109 Å². The van der Waals surface area contributed by atoms with Crippen LogP contribution in [0.3, 0.4) is 0 Å². The summed E-state index contributed by atoms with van der Waals surface area (Å²) >= 11 is 0. The van der Waals surface area contributed by atoms with Crippen molar-refractivity contribution >= 4 is 10.2 Å². The van der Waals surface area contributed by atoms with Gasteiger partial charge in [0.1, 0.15) is 0 Å². The van der Waals surface area contributed by atoms with E-state index in [0.29, 0.717) is 26.3 Å². The molecule has 0 amide bonds.